The molecule has 8 heteroatoms. The van der Waals surface area contributed by atoms with Crippen LogP contribution in [0.4, 0.5) is 13.2 Å². The summed E-state index contributed by atoms with van der Waals surface area (Å²) in [5.41, 5.74) is 0.100. The number of alkyl halides is 3. The van der Waals surface area contributed by atoms with Crippen LogP contribution < -0.4 is 5.32 Å². The van der Waals surface area contributed by atoms with E-state index in [1.165, 1.54) is 0 Å². The first-order chi connectivity index (χ1) is 13.2. The summed E-state index contributed by atoms with van der Waals surface area (Å²) in [5, 5.41) is 2.69. The zero-order valence-electron chi connectivity index (χ0n) is 15.5. The smallest absolute Gasteiger partial charge is 0.416 e. The molecule has 0 heterocycles. The molecule has 0 saturated carbocycles. The third-order valence-electron chi connectivity index (χ3n) is 4.08. The molecule has 0 fully saturated rings. The van der Waals surface area contributed by atoms with Crippen molar-refractivity contribution in [3.8, 4) is 0 Å². The highest BCUT2D eigenvalue weighted by Gasteiger charge is 2.30. The minimum atomic E-state index is -4.48. The van der Waals surface area contributed by atoms with Gasteiger partial charge in [0.15, 0.2) is 6.61 Å². The molecule has 150 valence electrons. The van der Waals surface area contributed by atoms with Crippen LogP contribution >= 0.6 is 0 Å². The highest BCUT2D eigenvalue weighted by Crippen LogP contribution is 2.29. The van der Waals surface area contributed by atoms with Crippen LogP contribution in [0.1, 0.15) is 27.5 Å². The topological polar surface area (TPSA) is 58.6 Å². The van der Waals surface area contributed by atoms with Gasteiger partial charge in [-0.1, -0.05) is 30.3 Å². The maximum atomic E-state index is 12.5. The van der Waals surface area contributed by atoms with Crippen molar-refractivity contribution in [1.82, 2.24) is 10.2 Å². The molecule has 0 aromatic heterocycles. The van der Waals surface area contributed by atoms with E-state index >= 15 is 0 Å². The molecule has 0 radical (unpaired) electrons. The number of nitrogens with one attached hydrogen (secondary N) is 1. The van der Waals surface area contributed by atoms with E-state index in [2.05, 4.69) is 5.32 Å². The van der Waals surface area contributed by atoms with Gasteiger partial charge in [-0.05, 0) is 43.9 Å². The van der Waals surface area contributed by atoms with Gasteiger partial charge in [0, 0.05) is 6.54 Å². The van der Waals surface area contributed by atoms with Crippen molar-refractivity contribution >= 4 is 11.9 Å². The zero-order valence-corrected chi connectivity index (χ0v) is 15.5. The van der Waals surface area contributed by atoms with Gasteiger partial charge in [-0.25, -0.2) is 4.79 Å². The third-order valence-corrected chi connectivity index (χ3v) is 4.08. The summed E-state index contributed by atoms with van der Waals surface area (Å²) in [4.78, 5) is 25.8. The van der Waals surface area contributed by atoms with Crippen molar-refractivity contribution in [3.05, 3.63) is 71.3 Å². The van der Waals surface area contributed by atoms with Crippen LogP contribution in [0.25, 0.3) is 0 Å². The summed E-state index contributed by atoms with van der Waals surface area (Å²) in [5.74, 6) is -1.36. The maximum Gasteiger partial charge on any atom is 0.416 e. The average Bonchev–Trinajstić information content (AvgIpc) is 2.66. The summed E-state index contributed by atoms with van der Waals surface area (Å²) in [6, 6.07) is 13.1. The number of carbonyl (C=O) groups is 2. The Morgan fingerprint density at radius 3 is 2.18 bits per heavy atom. The number of amides is 1. The minimum absolute atomic E-state index is 0.0590. The number of nitrogens with zero attached hydrogens (tertiary/aromatic N) is 1. The second-order valence-electron chi connectivity index (χ2n) is 6.35. The Bertz CT molecular complexity index is 791. The van der Waals surface area contributed by atoms with Gasteiger partial charge in [0.05, 0.1) is 17.2 Å². The van der Waals surface area contributed by atoms with Crippen LogP contribution in [-0.2, 0) is 15.7 Å². The number of benzene rings is 2. The molecule has 0 aliphatic rings. The van der Waals surface area contributed by atoms with E-state index < -0.39 is 30.2 Å². The molecule has 0 aliphatic carbocycles. The first kappa shape index (κ1) is 21.4. The normalized spacial score (nSPS) is 12.5. The van der Waals surface area contributed by atoms with Crippen LogP contribution in [0.15, 0.2) is 54.6 Å². The van der Waals surface area contributed by atoms with E-state index in [9.17, 15) is 22.8 Å². The quantitative estimate of drug-likeness (QED) is 0.733. The summed E-state index contributed by atoms with van der Waals surface area (Å²) < 4.78 is 42.5. The fourth-order valence-electron chi connectivity index (χ4n) is 2.55. The van der Waals surface area contributed by atoms with E-state index in [0.717, 1.165) is 29.8 Å². The Morgan fingerprint density at radius 2 is 1.64 bits per heavy atom. The van der Waals surface area contributed by atoms with Crippen molar-refractivity contribution in [2.45, 2.75) is 12.2 Å². The van der Waals surface area contributed by atoms with Crippen molar-refractivity contribution in [1.29, 1.82) is 0 Å². The Kier molecular flexibility index (Phi) is 7.17. The van der Waals surface area contributed by atoms with Gasteiger partial charge >= 0.3 is 12.1 Å². The van der Waals surface area contributed by atoms with Crippen LogP contribution in [0.2, 0.25) is 0 Å². The molecule has 2 aromatic rings. The van der Waals surface area contributed by atoms with Crippen molar-refractivity contribution in [2.24, 2.45) is 0 Å². The fourth-order valence-corrected chi connectivity index (χ4v) is 2.55. The van der Waals surface area contributed by atoms with E-state index in [-0.39, 0.29) is 11.6 Å². The van der Waals surface area contributed by atoms with Crippen molar-refractivity contribution < 1.29 is 27.5 Å². The Morgan fingerprint density at radius 1 is 1.04 bits per heavy atom. The zero-order chi connectivity index (χ0) is 20.7. The molecular weight excluding hydrogens is 373 g/mol. The molecule has 2 rings (SSSR count). The molecule has 1 atom stereocenters. The lowest BCUT2D eigenvalue weighted by Gasteiger charge is -2.25. The SMILES string of the molecule is CN(C)[C@H](CNC(=O)COC(=O)c1ccc(C(F)(F)F)cc1)c1ccccc1. The van der Waals surface area contributed by atoms with Crippen molar-refractivity contribution in [3.63, 3.8) is 0 Å². The number of hydrogen-bond donors (Lipinski definition) is 1. The fraction of sp³-hybridized carbons (Fsp3) is 0.300. The minimum Gasteiger partial charge on any atom is -0.452 e. The Hall–Kier alpha value is -2.87. The molecular formula is C20H21F3N2O3. The number of hydrogen-bond acceptors (Lipinski definition) is 4. The first-order valence-corrected chi connectivity index (χ1v) is 8.51. The number of carbonyl (C=O) groups excluding carboxylic acids is 2. The maximum absolute atomic E-state index is 12.5. The second-order valence-corrected chi connectivity index (χ2v) is 6.35. The van der Waals surface area contributed by atoms with E-state index in [4.69, 9.17) is 4.74 Å². The standard InChI is InChI=1S/C20H21F3N2O3/c1-25(2)17(14-6-4-3-5-7-14)12-24-18(26)13-28-19(27)15-8-10-16(11-9-15)20(21,22)23/h3-11,17H,12-13H2,1-2H3,(H,24,26)/t17-/m1/s1. The first-order valence-electron chi connectivity index (χ1n) is 8.51. The van der Waals surface area contributed by atoms with Crippen LogP contribution in [0.5, 0.6) is 0 Å². The lowest BCUT2D eigenvalue weighted by Crippen LogP contribution is -2.36. The molecule has 28 heavy (non-hydrogen) atoms. The molecule has 0 aliphatic heterocycles. The lowest BCUT2D eigenvalue weighted by atomic mass is 10.1. The van der Waals surface area contributed by atoms with Gasteiger partial charge in [-0.2, -0.15) is 13.2 Å². The third kappa shape index (κ3) is 6.09. The summed E-state index contributed by atoms with van der Waals surface area (Å²) >= 11 is 0. The highest BCUT2D eigenvalue weighted by molar-refractivity contribution is 5.91. The molecule has 1 amide bonds. The van der Waals surface area contributed by atoms with Crippen LogP contribution in [0, 0.1) is 0 Å². The van der Waals surface area contributed by atoms with Crippen LogP contribution in [0.3, 0.4) is 0 Å². The van der Waals surface area contributed by atoms with E-state index in [0.29, 0.717) is 6.54 Å². The molecule has 0 unspecified atom stereocenters. The summed E-state index contributed by atoms with van der Waals surface area (Å²) in [6.45, 7) is -0.206. The number of rotatable bonds is 7. The van der Waals surface area contributed by atoms with Gasteiger partial charge in [0.2, 0.25) is 0 Å². The van der Waals surface area contributed by atoms with Crippen LogP contribution in [-0.4, -0.2) is 44.0 Å². The average molecular weight is 394 g/mol. The number of esters is 1. The summed E-state index contributed by atoms with van der Waals surface area (Å²) in [6.07, 6.45) is -4.48. The van der Waals surface area contributed by atoms with Crippen molar-refractivity contribution in [2.75, 3.05) is 27.2 Å². The lowest BCUT2D eigenvalue weighted by molar-refractivity contribution is -0.137. The van der Waals surface area contributed by atoms with Gasteiger partial charge in [-0.3, -0.25) is 4.79 Å². The van der Waals surface area contributed by atoms with E-state index in [1.807, 2.05) is 49.3 Å². The number of halogens is 3. The van der Waals surface area contributed by atoms with Gasteiger partial charge in [0.1, 0.15) is 0 Å². The van der Waals surface area contributed by atoms with E-state index in [1.54, 1.807) is 0 Å². The van der Waals surface area contributed by atoms with Gasteiger partial charge in [0.25, 0.3) is 5.91 Å². The predicted octanol–water partition coefficient (Wildman–Crippen LogP) is 3.28. The molecule has 0 bridgehead atoms. The number of likely N-dealkylation sites (N-methyl/N-ethyl adjacent to an activating group) is 1. The summed E-state index contributed by atoms with van der Waals surface area (Å²) in [7, 11) is 3.77. The molecule has 2 aromatic carbocycles. The van der Waals surface area contributed by atoms with Gasteiger partial charge in [-0.15, -0.1) is 0 Å². The second kappa shape index (κ2) is 9.36. The largest absolute Gasteiger partial charge is 0.452 e. The highest BCUT2D eigenvalue weighted by atomic mass is 19.4. The molecule has 0 saturated heterocycles. The Balaban J connectivity index is 1.85. The molecule has 1 N–H and O–H groups in total. The Labute approximate surface area is 161 Å². The number of ether oxygens (including phenoxy) is 1. The molecule has 5 nitrogen and oxygen atoms in total. The predicted molar refractivity (Wildman–Crippen MR) is 97.6 cm³/mol. The molecule has 0 spiro atoms. The monoisotopic (exact) mass is 394 g/mol. The van der Waals surface area contributed by atoms with Gasteiger partial charge < -0.3 is 15.0 Å².